The molecule has 0 aromatic carbocycles. The number of rotatable bonds is 6. The first-order valence-electron chi connectivity index (χ1n) is 6.35. The van der Waals surface area contributed by atoms with Crippen LogP contribution in [0.4, 0.5) is 4.79 Å². The molecular weight excluding hydrogens is 340 g/mol. The van der Waals surface area contributed by atoms with Crippen molar-refractivity contribution < 1.29 is 38.4 Å². The minimum atomic E-state index is -3.19. The van der Waals surface area contributed by atoms with Crippen LogP contribution in [0.5, 0.6) is 0 Å². The summed E-state index contributed by atoms with van der Waals surface area (Å²) in [5, 5.41) is 42.4. The van der Waals surface area contributed by atoms with Crippen molar-refractivity contribution in [3.05, 3.63) is 0 Å². The smallest absolute Gasteiger partial charge is 0.316 e. The minimum Gasteiger partial charge on any atom is -0.394 e. The van der Waals surface area contributed by atoms with E-state index < -0.39 is 52.2 Å². The molecule has 0 aromatic heterocycles. The van der Waals surface area contributed by atoms with Gasteiger partial charge in [-0.25, -0.2) is 13.2 Å². The van der Waals surface area contributed by atoms with Crippen LogP contribution in [0.25, 0.3) is 0 Å². The molecule has 1 rings (SSSR count). The Morgan fingerprint density at radius 2 is 1.86 bits per heavy atom. The van der Waals surface area contributed by atoms with Crippen molar-refractivity contribution in [1.82, 2.24) is 10.6 Å². The van der Waals surface area contributed by atoms with Crippen LogP contribution < -0.4 is 10.6 Å². The highest BCUT2D eigenvalue weighted by Crippen LogP contribution is 2.19. The first-order valence-corrected chi connectivity index (χ1v) is 9.74. The van der Waals surface area contributed by atoms with Gasteiger partial charge in [-0.3, -0.25) is 0 Å². The van der Waals surface area contributed by atoms with E-state index in [1.807, 2.05) is 0 Å². The highest BCUT2D eigenvalue weighted by Gasteiger charge is 2.43. The summed E-state index contributed by atoms with van der Waals surface area (Å²) >= 11 is 0. The van der Waals surface area contributed by atoms with Gasteiger partial charge >= 0.3 is 6.03 Å². The third kappa shape index (κ3) is 5.87. The van der Waals surface area contributed by atoms with Gasteiger partial charge < -0.3 is 35.8 Å². The molecule has 1 heterocycles. The standard InChI is InChI=1S/C10H20N2O8S2/c1-22(18,19)21-3-2-11-10(17)12-9-8(16)7(15)6(14)5(4-13)20-9/h5-9,13-16H,2-4H2,1H3,(H2,11,12,17)/t5-,6+,7-,8+,9+/m0/s1. The number of aliphatic hydroxyl groups is 4. The fourth-order valence-electron chi connectivity index (χ4n) is 1.76. The van der Waals surface area contributed by atoms with Gasteiger partial charge in [0.1, 0.15) is 24.4 Å². The van der Waals surface area contributed by atoms with Crippen LogP contribution in [0.15, 0.2) is 0 Å². The number of hydrogen-bond acceptors (Lipinski definition) is 9. The zero-order valence-electron chi connectivity index (χ0n) is 11.7. The number of ether oxygens (including phenoxy) is 1. The molecule has 130 valence electrons. The highest BCUT2D eigenvalue weighted by molar-refractivity contribution is 8.71. The second-order valence-corrected chi connectivity index (χ2v) is 9.25. The molecule has 0 unspecified atom stereocenters. The van der Waals surface area contributed by atoms with Crippen molar-refractivity contribution in [3.63, 3.8) is 0 Å². The molecule has 10 nitrogen and oxygen atoms in total. The zero-order valence-corrected chi connectivity index (χ0v) is 13.4. The van der Waals surface area contributed by atoms with Crippen LogP contribution in [-0.2, 0) is 13.6 Å². The zero-order chi connectivity index (χ0) is 16.9. The van der Waals surface area contributed by atoms with E-state index in [1.54, 1.807) is 0 Å². The second kappa shape index (κ2) is 8.29. The van der Waals surface area contributed by atoms with Gasteiger partial charge in [-0.1, -0.05) is 0 Å². The number of carbonyl (C=O) groups is 1. The summed E-state index contributed by atoms with van der Waals surface area (Å²) in [6.07, 6.45) is -6.06. The second-order valence-electron chi connectivity index (χ2n) is 4.68. The number of nitrogens with one attached hydrogen (secondary N) is 2. The molecule has 5 atom stereocenters. The van der Waals surface area contributed by atoms with Crippen molar-refractivity contribution in [2.24, 2.45) is 0 Å². The first kappa shape index (κ1) is 19.4. The summed E-state index contributed by atoms with van der Waals surface area (Å²) in [6.45, 7) is -0.545. The average Bonchev–Trinajstić information content (AvgIpc) is 2.43. The molecule has 0 saturated carbocycles. The van der Waals surface area contributed by atoms with Gasteiger partial charge in [0.15, 0.2) is 15.1 Å². The maximum absolute atomic E-state index is 11.6. The Morgan fingerprint density at radius 3 is 2.41 bits per heavy atom. The molecule has 22 heavy (non-hydrogen) atoms. The first-order chi connectivity index (χ1) is 10.2. The Hall–Kier alpha value is -0.630. The maximum atomic E-state index is 11.6. The molecule has 0 spiro atoms. The fraction of sp³-hybridized carbons (Fsp3) is 0.900. The summed E-state index contributed by atoms with van der Waals surface area (Å²) in [5.41, 5.74) is 0. The Balaban J connectivity index is 2.42. The molecule has 6 N–H and O–H groups in total. The van der Waals surface area contributed by atoms with E-state index >= 15 is 0 Å². The van der Waals surface area contributed by atoms with Crippen LogP contribution in [0, 0.1) is 0 Å². The van der Waals surface area contributed by atoms with Gasteiger partial charge in [0.25, 0.3) is 0 Å². The normalized spacial score (nSPS) is 32.5. The number of hydrogen-bond donors (Lipinski definition) is 6. The Morgan fingerprint density at radius 1 is 1.23 bits per heavy atom. The predicted octanol–water partition coefficient (Wildman–Crippen LogP) is -3.22. The van der Waals surface area contributed by atoms with Crippen LogP contribution in [0.2, 0.25) is 0 Å². The predicted molar refractivity (Wildman–Crippen MR) is 77.6 cm³/mol. The Labute approximate surface area is 131 Å². The summed E-state index contributed by atoms with van der Waals surface area (Å²) in [4.78, 5) is 11.6. The molecular formula is C10H20N2O8S2. The lowest BCUT2D eigenvalue weighted by Crippen LogP contribution is -2.64. The van der Waals surface area contributed by atoms with E-state index in [4.69, 9.17) is 9.84 Å². The molecule has 1 aliphatic heterocycles. The van der Waals surface area contributed by atoms with Crippen LogP contribution >= 0.6 is 10.8 Å². The Bertz CT molecular complexity index is 472. The van der Waals surface area contributed by atoms with E-state index in [1.165, 1.54) is 0 Å². The van der Waals surface area contributed by atoms with Gasteiger partial charge in [-0.2, -0.15) is 0 Å². The third-order valence-electron chi connectivity index (χ3n) is 2.85. The van der Waals surface area contributed by atoms with Gasteiger partial charge in [0, 0.05) is 18.6 Å². The fourth-order valence-corrected chi connectivity index (χ4v) is 3.41. The summed E-state index contributed by atoms with van der Waals surface area (Å²) in [6, 6.07) is -0.751. The monoisotopic (exact) mass is 360 g/mol. The molecule has 0 aliphatic carbocycles. The summed E-state index contributed by atoms with van der Waals surface area (Å²) in [5.74, 6) is 0.140. The van der Waals surface area contributed by atoms with Crippen molar-refractivity contribution in [1.29, 1.82) is 0 Å². The Kier molecular flexibility index (Phi) is 7.31. The molecule has 0 radical (unpaired) electrons. The lowest BCUT2D eigenvalue weighted by atomic mass is 9.98. The van der Waals surface area contributed by atoms with Crippen molar-refractivity contribution in [3.8, 4) is 0 Å². The van der Waals surface area contributed by atoms with Crippen molar-refractivity contribution in [2.45, 2.75) is 30.6 Å². The number of aliphatic hydroxyl groups excluding tert-OH is 4. The molecule has 1 saturated heterocycles. The number of amides is 2. The molecule has 1 fully saturated rings. The van der Waals surface area contributed by atoms with E-state index in [0.29, 0.717) is 10.8 Å². The minimum absolute atomic E-state index is 0.0565. The molecule has 2 amide bonds. The van der Waals surface area contributed by atoms with Crippen molar-refractivity contribution in [2.75, 3.05) is 25.2 Å². The SMILES string of the molecule is CS(=O)(=O)SCCNC(=O)N[C@@H]1O[C@@H](CO)[C@@H](O)[C@H](O)[C@H]1O. The average molecular weight is 360 g/mol. The lowest BCUT2D eigenvalue weighted by Gasteiger charge is -2.40. The van der Waals surface area contributed by atoms with E-state index in [2.05, 4.69) is 10.6 Å². The highest BCUT2D eigenvalue weighted by atomic mass is 33.1. The quantitative estimate of drug-likeness (QED) is 0.211. The maximum Gasteiger partial charge on any atom is 0.316 e. The topological polar surface area (TPSA) is 165 Å². The van der Waals surface area contributed by atoms with E-state index in [9.17, 15) is 28.5 Å². The van der Waals surface area contributed by atoms with Crippen LogP contribution in [0.1, 0.15) is 0 Å². The third-order valence-corrected chi connectivity index (χ3v) is 5.43. The lowest BCUT2D eigenvalue weighted by molar-refractivity contribution is -0.233. The molecule has 0 bridgehead atoms. The number of urea groups is 1. The van der Waals surface area contributed by atoms with Gasteiger partial charge in [-0.15, -0.1) is 0 Å². The van der Waals surface area contributed by atoms with Crippen molar-refractivity contribution >= 4 is 25.7 Å². The van der Waals surface area contributed by atoms with Crippen LogP contribution in [-0.4, -0.2) is 90.7 Å². The number of carbonyl (C=O) groups excluding carboxylic acids is 1. The molecule has 1 aliphatic rings. The van der Waals surface area contributed by atoms with E-state index in [0.717, 1.165) is 6.26 Å². The molecule has 0 aromatic rings. The summed E-state index contributed by atoms with van der Waals surface area (Å²) in [7, 11) is -2.52. The van der Waals surface area contributed by atoms with Gasteiger partial charge in [-0.05, 0) is 10.8 Å². The largest absolute Gasteiger partial charge is 0.394 e. The van der Waals surface area contributed by atoms with E-state index in [-0.39, 0.29) is 12.3 Å². The molecule has 12 heteroatoms. The van der Waals surface area contributed by atoms with Gasteiger partial charge in [0.05, 0.1) is 6.61 Å². The summed E-state index contributed by atoms with van der Waals surface area (Å²) < 4.78 is 26.8. The van der Waals surface area contributed by atoms with Gasteiger partial charge in [0.2, 0.25) is 0 Å². The van der Waals surface area contributed by atoms with Crippen LogP contribution in [0.3, 0.4) is 0 Å².